The molecule has 0 amide bonds. The minimum Gasteiger partial charge on any atom is -0.390 e. The summed E-state index contributed by atoms with van der Waals surface area (Å²) < 4.78 is 10.6. The Morgan fingerprint density at radius 3 is 2.93 bits per heavy atom. The summed E-state index contributed by atoms with van der Waals surface area (Å²) >= 11 is 0. The molecule has 3 atom stereocenters. The van der Waals surface area contributed by atoms with Gasteiger partial charge in [-0.15, -0.1) is 0 Å². The molecular weight excluding hydrogens is 184 g/mol. The van der Waals surface area contributed by atoms with Gasteiger partial charge >= 0.3 is 0 Å². The van der Waals surface area contributed by atoms with Crippen LogP contribution in [0.1, 0.15) is 26.2 Å². The minimum absolute atomic E-state index is 0.365. The van der Waals surface area contributed by atoms with Crippen molar-refractivity contribution in [1.29, 1.82) is 0 Å². The minimum atomic E-state index is -0.801. The van der Waals surface area contributed by atoms with Crippen molar-refractivity contribution in [2.24, 2.45) is 0 Å². The van der Waals surface area contributed by atoms with Crippen molar-refractivity contribution in [3.63, 3.8) is 0 Å². The number of unbranched alkanes of at least 4 members (excludes halogenated alkanes) is 1. The maximum Gasteiger partial charge on any atom is 0.109 e. The van der Waals surface area contributed by atoms with Gasteiger partial charge in [-0.2, -0.15) is 0 Å². The van der Waals surface area contributed by atoms with Crippen LogP contribution < -0.4 is 0 Å². The van der Waals surface area contributed by atoms with E-state index in [1.54, 1.807) is 0 Å². The van der Waals surface area contributed by atoms with E-state index < -0.39 is 12.2 Å². The highest BCUT2D eigenvalue weighted by Crippen LogP contribution is 2.14. The van der Waals surface area contributed by atoms with Crippen LogP contribution in [-0.4, -0.2) is 48.3 Å². The van der Waals surface area contributed by atoms with Crippen molar-refractivity contribution >= 4 is 0 Å². The van der Waals surface area contributed by atoms with Crippen LogP contribution in [0.5, 0.6) is 0 Å². The molecule has 14 heavy (non-hydrogen) atoms. The second-order valence-electron chi connectivity index (χ2n) is 3.68. The Hall–Kier alpha value is -0.160. The molecule has 0 aromatic rings. The normalized spacial score (nSPS) is 33.2. The second kappa shape index (κ2) is 6.35. The van der Waals surface area contributed by atoms with Crippen LogP contribution in [0.4, 0.5) is 0 Å². The fourth-order valence-corrected chi connectivity index (χ4v) is 1.45. The van der Waals surface area contributed by atoms with Gasteiger partial charge < -0.3 is 19.7 Å². The number of ether oxygens (including phenoxy) is 2. The van der Waals surface area contributed by atoms with Gasteiger partial charge in [-0.3, -0.25) is 0 Å². The van der Waals surface area contributed by atoms with Gasteiger partial charge in [-0.05, 0) is 12.8 Å². The molecule has 1 saturated heterocycles. The van der Waals surface area contributed by atoms with Gasteiger partial charge in [-0.25, -0.2) is 0 Å². The molecule has 1 fully saturated rings. The molecule has 0 aromatic carbocycles. The largest absolute Gasteiger partial charge is 0.390 e. The molecule has 0 spiro atoms. The van der Waals surface area contributed by atoms with Gasteiger partial charge in [0, 0.05) is 13.2 Å². The van der Waals surface area contributed by atoms with Crippen molar-refractivity contribution in [3.8, 4) is 0 Å². The molecule has 1 heterocycles. The van der Waals surface area contributed by atoms with E-state index in [9.17, 15) is 10.2 Å². The SMILES string of the molecule is CCCCOCC1OCCC(O)C1O. The zero-order valence-corrected chi connectivity index (χ0v) is 8.69. The lowest BCUT2D eigenvalue weighted by atomic mass is 10.0. The summed E-state index contributed by atoms with van der Waals surface area (Å²) in [7, 11) is 0. The van der Waals surface area contributed by atoms with Crippen molar-refractivity contribution in [2.75, 3.05) is 19.8 Å². The predicted molar refractivity (Wildman–Crippen MR) is 52.1 cm³/mol. The summed E-state index contributed by atoms with van der Waals surface area (Å²) in [6.45, 7) is 3.66. The monoisotopic (exact) mass is 204 g/mol. The summed E-state index contributed by atoms with van der Waals surface area (Å²) in [6, 6.07) is 0. The molecule has 0 saturated carbocycles. The number of rotatable bonds is 5. The third kappa shape index (κ3) is 3.53. The van der Waals surface area contributed by atoms with Crippen molar-refractivity contribution in [3.05, 3.63) is 0 Å². The third-order valence-corrected chi connectivity index (χ3v) is 2.45. The summed E-state index contributed by atoms with van der Waals surface area (Å²) in [4.78, 5) is 0. The molecule has 1 aliphatic heterocycles. The first-order chi connectivity index (χ1) is 6.75. The lowest BCUT2D eigenvalue weighted by Gasteiger charge is -2.31. The first kappa shape index (κ1) is 11.9. The summed E-state index contributed by atoms with van der Waals surface area (Å²) in [5.74, 6) is 0. The zero-order chi connectivity index (χ0) is 10.4. The fourth-order valence-electron chi connectivity index (χ4n) is 1.45. The van der Waals surface area contributed by atoms with Crippen LogP contribution in [0.15, 0.2) is 0 Å². The van der Waals surface area contributed by atoms with E-state index in [0.29, 0.717) is 26.2 Å². The summed E-state index contributed by atoms with van der Waals surface area (Å²) in [5, 5.41) is 18.9. The standard InChI is InChI=1S/C10H20O4/c1-2-3-5-13-7-9-10(12)8(11)4-6-14-9/h8-12H,2-7H2,1H3. The Morgan fingerprint density at radius 1 is 1.43 bits per heavy atom. The number of hydrogen-bond acceptors (Lipinski definition) is 4. The van der Waals surface area contributed by atoms with Crippen LogP contribution in [0.3, 0.4) is 0 Å². The predicted octanol–water partition coefficient (Wildman–Crippen LogP) is 0.314. The van der Waals surface area contributed by atoms with Crippen LogP contribution in [0.25, 0.3) is 0 Å². The van der Waals surface area contributed by atoms with E-state index in [4.69, 9.17) is 9.47 Å². The van der Waals surface area contributed by atoms with Crippen molar-refractivity contribution in [2.45, 2.75) is 44.5 Å². The van der Waals surface area contributed by atoms with E-state index in [2.05, 4.69) is 6.92 Å². The fraction of sp³-hybridized carbons (Fsp3) is 1.00. The molecule has 0 aromatic heterocycles. The lowest BCUT2D eigenvalue weighted by molar-refractivity contribution is -0.154. The average molecular weight is 204 g/mol. The molecule has 2 N–H and O–H groups in total. The third-order valence-electron chi connectivity index (χ3n) is 2.45. The van der Waals surface area contributed by atoms with Gasteiger partial charge in [0.1, 0.15) is 12.2 Å². The highest BCUT2D eigenvalue weighted by molar-refractivity contribution is 4.80. The van der Waals surface area contributed by atoms with E-state index in [-0.39, 0.29) is 6.10 Å². The molecule has 84 valence electrons. The lowest BCUT2D eigenvalue weighted by Crippen LogP contribution is -2.46. The molecule has 4 heteroatoms. The van der Waals surface area contributed by atoms with Crippen molar-refractivity contribution in [1.82, 2.24) is 0 Å². The van der Waals surface area contributed by atoms with Gasteiger partial charge in [0.25, 0.3) is 0 Å². The second-order valence-corrected chi connectivity index (χ2v) is 3.68. The molecule has 0 bridgehead atoms. The zero-order valence-electron chi connectivity index (χ0n) is 8.69. The number of aliphatic hydroxyl groups excluding tert-OH is 2. The maximum atomic E-state index is 9.54. The summed E-state index contributed by atoms with van der Waals surface area (Å²) in [6.07, 6.45) is 0.791. The Balaban J connectivity index is 2.15. The molecule has 3 unspecified atom stereocenters. The number of aliphatic hydroxyl groups is 2. The van der Waals surface area contributed by atoms with E-state index in [1.165, 1.54) is 0 Å². The average Bonchev–Trinajstić information content (AvgIpc) is 2.19. The first-order valence-corrected chi connectivity index (χ1v) is 5.31. The van der Waals surface area contributed by atoms with Crippen LogP contribution in [0.2, 0.25) is 0 Å². The quantitative estimate of drug-likeness (QED) is 0.633. The Morgan fingerprint density at radius 2 is 2.21 bits per heavy atom. The number of hydrogen-bond donors (Lipinski definition) is 2. The maximum absolute atomic E-state index is 9.54. The van der Waals surface area contributed by atoms with Gasteiger partial charge in [-0.1, -0.05) is 13.3 Å². The molecule has 1 aliphatic rings. The first-order valence-electron chi connectivity index (χ1n) is 5.31. The smallest absolute Gasteiger partial charge is 0.109 e. The van der Waals surface area contributed by atoms with Gasteiger partial charge in [0.15, 0.2) is 0 Å². The van der Waals surface area contributed by atoms with Crippen LogP contribution in [0, 0.1) is 0 Å². The Labute approximate surface area is 84.8 Å². The van der Waals surface area contributed by atoms with Crippen molar-refractivity contribution < 1.29 is 19.7 Å². The Kier molecular flexibility index (Phi) is 5.40. The molecule has 4 nitrogen and oxygen atoms in total. The molecule has 0 aliphatic carbocycles. The summed E-state index contributed by atoms with van der Waals surface area (Å²) in [5.41, 5.74) is 0. The van der Waals surface area contributed by atoms with E-state index in [1.807, 2.05) is 0 Å². The van der Waals surface area contributed by atoms with E-state index >= 15 is 0 Å². The van der Waals surface area contributed by atoms with E-state index in [0.717, 1.165) is 12.8 Å². The highest BCUT2D eigenvalue weighted by atomic mass is 16.5. The van der Waals surface area contributed by atoms with Gasteiger partial charge in [0.05, 0.1) is 12.7 Å². The highest BCUT2D eigenvalue weighted by Gasteiger charge is 2.31. The van der Waals surface area contributed by atoms with Gasteiger partial charge in [0.2, 0.25) is 0 Å². The topological polar surface area (TPSA) is 58.9 Å². The molecule has 1 rings (SSSR count). The van der Waals surface area contributed by atoms with Crippen LogP contribution >= 0.6 is 0 Å². The van der Waals surface area contributed by atoms with Crippen LogP contribution in [-0.2, 0) is 9.47 Å². The molecular formula is C10H20O4. The Bertz CT molecular complexity index is 151. The molecule has 0 radical (unpaired) electrons.